The van der Waals surface area contributed by atoms with Crippen LogP contribution in [0.25, 0.3) is 0 Å². The van der Waals surface area contributed by atoms with Gasteiger partial charge in [-0.3, -0.25) is 5.73 Å². The normalized spacial score (nSPS) is 12.3. The molecule has 6 heteroatoms. The average molecular weight is 387 g/mol. The smallest absolute Gasteiger partial charge is 0.173 e. The van der Waals surface area contributed by atoms with Crippen molar-refractivity contribution in [1.29, 1.82) is 0 Å². The van der Waals surface area contributed by atoms with Gasteiger partial charge in [0.15, 0.2) is 6.23 Å². The van der Waals surface area contributed by atoms with Crippen molar-refractivity contribution < 1.29 is 9.84 Å². The summed E-state index contributed by atoms with van der Waals surface area (Å²) in [5.41, 5.74) is 9.49. The molecular formula is C19H28Cl2N2O2. The van der Waals surface area contributed by atoms with Gasteiger partial charge in [-0.25, -0.2) is 0 Å². The van der Waals surface area contributed by atoms with Crippen LogP contribution in [0, 0.1) is 13.8 Å². The molecule has 0 fully saturated rings. The van der Waals surface area contributed by atoms with Gasteiger partial charge in [0.2, 0.25) is 0 Å². The number of hydrogen-bond donors (Lipinski definition) is 3. The zero-order valence-electron chi connectivity index (χ0n) is 14.6. The Labute approximate surface area is 162 Å². The Morgan fingerprint density at radius 2 is 1.76 bits per heavy atom. The molecule has 4 N–H and O–H groups in total. The van der Waals surface area contributed by atoms with E-state index in [4.69, 9.17) is 10.5 Å². The third-order valence-corrected chi connectivity index (χ3v) is 3.78. The maximum absolute atomic E-state index is 10.1. The van der Waals surface area contributed by atoms with Gasteiger partial charge in [0, 0.05) is 12.2 Å². The lowest BCUT2D eigenvalue weighted by molar-refractivity contribution is 0.0340. The van der Waals surface area contributed by atoms with E-state index in [-0.39, 0.29) is 24.8 Å². The lowest BCUT2D eigenvalue weighted by atomic mass is 10.1. The lowest BCUT2D eigenvalue weighted by Crippen LogP contribution is -2.40. The van der Waals surface area contributed by atoms with Crippen molar-refractivity contribution in [2.75, 3.05) is 11.9 Å². The second-order valence-electron chi connectivity index (χ2n) is 5.85. The van der Waals surface area contributed by atoms with E-state index in [1.54, 1.807) is 0 Å². The zero-order chi connectivity index (χ0) is 16.7. The highest BCUT2D eigenvalue weighted by atomic mass is 35.5. The summed E-state index contributed by atoms with van der Waals surface area (Å²) in [4.78, 5) is 0. The Morgan fingerprint density at radius 3 is 2.44 bits per heavy atom. The molecule has 0 amide bonds. The fourth-order valence-electron chi connectivity index (χ4n) is 2.36. The van der Waals surface area contributed by atoms with Gasteiger partial charge in [0.25, 0.3) is 0 Å². The highest BCUT2D eigenvalue weighted by molar-refractivity contribution is 5.85. The summed E-state index contributed by atoms with van der Waals surface area (Å²) in [6, 6.07) is 15.7. The second kappa shape index (κ2) is 12.0. The number of ether oxygens (including phenoxy) is 1. The Morgan fingerprint density at radius 1 is 1.08 bits per heavy atom. The molecule has 2 aromatic rings. The Kier molecular flexibility index (Phi) is 11.3. The van der Waals surface area contributed by atoms with E-state index in [0.717, 1.165) is 18.7 Å². The standard InChI is InChI=1S/C19H26N2O2.2ClH/c1-14-10-11-15(2)17(13-14)21-12-6-9-18(22)19(20)23-16-7-4-3-5-8-16;;/h3-5,7-8,10-11,13,18-19,21-22H,6,9,12,20H2,1-2H3;2*1H. The highest BCUT2D eigenvalue weighted by Gasteiger charge is 2.15. The first-order valence-electron chi connectivity index (χ1n) is 8.03. The first-order valence-corrected chi connectivity index (χ1v) is 8.03. The quantitative estimate of drug-likeness (QED) is 0.472. The van der Waals surface area contributed by atoms with Crippen LogP contribution in [-0.4, -0.2) is 24.0 Å². The van der Waals surface area contributed by atoms with Crippen LogP contribution in [0.1, 0.15) is 24.0 Å². The van der Waals surface area contributed by atoms with E-state index in [2.05, 4.69) is 37.4 Å². The third kappa shape index (κ3) is 7.97. The molecule has 2 atom stereocenters. The number of nitrogens with one attached hydrogen (secondary N) is 1. The summed E-state index contributed by atoms with van der Waals surface area (Å²) in [6.45, 7) is 4.95. The van der Waals surface area contributed by atoms with Crippen LogP contribution in [0.4, 0.5) is 5.69 Å². The number of rotatable bonds is 8. The summed E-state index contributed by atoms with van der Waals surface area (Å²) in [6.07, 6.45) is 0.0143. The topological polar surface area (TPSA) is 67.5 Å². The number of aliphatic hydroxyl groups is 1. The number of nitrogens with two attached hydrogens (primary N) is 1. The van der Waals surface area contributed by atoms with E-state index < -0.39 is 12.3 Å². The molecule has 0 aliphatic heterocycles. The van der Waals surface area contributed by atoms with Crippen molar-refractivity contribution in [3.05, 3.63) is 59.7 Å². The molecule has 2 aromatic carbocycles. The molecule has 2 unspecified atom stereocenters. The predicted molar refractivity (Wildman–Crippen MR) is 109 cm³/mol. The molecule has 2 rings (SSSR count). The van der Waals surface area contributed by atoms with Crippen LogP contribution in [0.3, 0.4) is 0 Å². The maximum Gasteiger partial charge on any atom is 0.173 e. The van der Waals surface area contributed by atoms with Gasteiger partial charge < -0.3 is 15.2 Å². The van der Waals surface area contributed by atoms with Gasteiger partial charge in [-0.05, 0) is 56.0 Å². The van der Waals surface area contributed by atoms with Gasteiger partial charge in [-0.2, -0.15) is 0 Å². The van der Waals surface area contributed by atoms with E-state index in [1.165, 1.54) is 11.1 Å². The number of hydrogen-bond acceptors (Lipinski definition) is 4. The maximum atomic E-state index is 10.1. The minimum atomic E-state index is -0.710. The minimum Gasteiger partial charge on any atom is -0.473 e. The molecule has 0 aliphatic rings. The molecular weight excluding hydrogens is 359 g/mol. The minimum absolute atomic E-state index is 0. The molecule has 25 heavy (non-hydrogen) atoms. The van der Waals surface area contributed by atoms with E-state index in [1.807, 2.05) is 30.3 Å². The number of halogens is 2. The van der Waals surface area contributed by atoms with Gasteiger partial charge >= 0.3 is 0 Å². The fourth-order valence-corrected chi connectivity index (χ4v) is 2.36. The third-order valence-electron chi connectivity index (χ3n) is 3.78. The molecule has 4 nitrogen and oxygen atoms in total. The average Bonchev–Trinajstić information content (AvgIpc) is 2.55. The second-order valence-corrected chi connectivity index (χ2v) is 5.85. The molecule has 0 aliphatic carbocycles. The Bertz CT molecular complexity index is 612. The number of para-hydroxylation sites is 1. The first kappa shape index (κ1) is 23.5. The first-order chi connectivity index (χ1) is 11.1. The van der Waals surface area contributed by atoms with Crippen molar-refractivity contribution in [3.8, 4) is 5.75 Å². The largest absolute Gasteiger partial charge is 0.473 e. The van der Waals surface area contributed by atoms with Crippen molar-refractivity contribution in [1.82, 2.24) is 0 Å². The van der Waals surface area contributed by atoms with Crippen LogP contribution >= 0.6 is 24.8 Å². The van der Waals surface area contributed by atoms with Crippen molar-refractivity contribution >= 4 is 30.5 Å². The summed E-state index contributed by atoms with van der Waals surface area (Å²) < 4.78 is 5.53. The van der Waals surface area contributed by atoms with Crippen LogP contribution in [0.15, 0.2) is 48.5 Å². The number of aryl methyl sites for hydroxylation is 2. The fraction of sp³-hybridized carbons (Fsp3) is 0.368. The number of aliphatic hydroxyl groups excluding tert-OH is 1. The van der Waals surface area contributed by atoms with E-state index >= 15 is 0 Å². The molecule has 140 valence electrons. The highest BCUT2D eigenvalue weighted by Crippen LogP contribution is 2.17. The SMILES string of the molecule is Cc1ccc(C)c(NCCCC(O)C(N)Oc2ccccc2)c1.Cl.Cl. The Balaban J connectivity index is 0.00000288. The summed E-state index contributed by atoms with van der Waals surface area (Å²) in [5, 5.41) is 13.5. The summed E-state index contributed by atoms with van der Waals surface area (Å²) in [7, 11) is 0. The van der Waals surface area contributed by atoms with Crippen molar-refractivity contribution in [2.45, 2.75) is 39.0 Å². The van der Waals surface area contributed by atoms with Gasteiger partial charge in [-0.1, -0.05) is 30.3 Å². The molecule has 0 heterocycles. The number of benzene rings is 2. The lowest BCUT2D eigenvalue weighted by Gasteiger charge is -2.20. The Hall–Kier alpha value is -1.46. The van der Waals surface area contributed by atoms with E-state index in [9.17, 15) is 5.11 Å². The van der Waals surface area contributed by atoms with Crippen LogP contribution in [-0.2, 0) is 0 Å². The molecule has 0 spiro atoms. The van der Waals surface area contributed by atoms with Crippen LogP contribution in [0.2, 0.25) is 0 Å². The number of anilines is 1. The molecule has 0 saturated heterocycles. The molecule has 0 bridgehead atoms. The van der Waals surface area contributed by atoms with Gasteiger partial charge in [0.05, 0.1) is 0 Å². The molecule has 0 radical (unpaired) electrons. The summed E-state index contributed by atoms with van der Waals surface area (Å²) >= 11 is 0. The van der Waals surface area contributed by atoms with Crippen LogP contribution < -0.4 is 15.8 Å². The zero-order valence-corrected chi connectivity index (χ0v) is 16.3. The van der Waals surface area contributed by atoms with E-state index in [0.29, 0.717) is 12.2 Å². The van der Waals surface area contributed by atoms with Crippen molar-refractivity contribution in [2.24, 2.45) is 5.73 Å². The summed E-state index contributed by atoms with van der Waals surface area (Å²) in [5.74, 6) is 0.674. The molecule has 0 aromatic heterocycles. The van der Waals surface area contributed by atoms with Crippen molar-refractivity contribution in [3.63, 3.8) is 0 Å². The van der Waals surface area contributed by atoms with Gasteiger partial charge in [-0.15, -0.1) is 24.8 Å². The van der Waals surface area contributed by atoms with Crippen LogP contribution in [0.5, 0.6) is 5.75 Å². The predicted octanol–water partition coefficient (Wildman–Crippen LogP) is 4.06. The van der Waals surface area contributed by atoms with Gasteiger partial charge in [0.1, 0.15) is 11.9 Å². The molecule has 0 saturated carbocycles. The monoisotopic (exact) mass is 386 g/mol.